The van der Waals surface area contributed by atoms with Crippen molar-refractivity contribution >= 4 is 22.5 Å². The summed E-state index contributed by atoms with van der Waals surface area (Å²) in [6.45, 7) is 15.5. The standard InChI is InChI=1S/C34H40N2/c1-7-10-15-30(25(6)32-16-12-14-24(5)35-32)28-21-20-27-19-18-26(8-2)34(31(27)22-28)36-33-17-11-13-23(4)29(33)9-3/h11-17,20-22,36H,6-10,18-19H2,1-5H3/b30-15+. The lowest BCUT2D eigenvalue weighted by atomic mass is 9.84. The van der Waals surface area contributed by atoms with Crippen LogP contribution < -0.4 is 5.32 Å². The van der Waals surface area contributed by atoms with Crippen LogP contribution in [0.4, 0.5) is 5.69 Å². The first-order valence-electron chi connectivity index (χ1n) is 13.5. The quantitative estimate of drug-likeness (QED) is 0.311. The molecule has 3 aromatic rings. The maximum Gasteiger partial charge on any atom is 0.0705 e. The molecule has 186 valence electrons. The van der Waals surface area contributed by atoms with E-state index in [4.69, 9.17) is 4.98 Å². The van der Waals surface area contributed by atoms with Crippen molar-refractivity contribution in [2.24, 2.45) is 0 Å². The highest BCUT2D eigenvalue weighted by Gasteiger charge is 2.21. The molecule has 0 saturated heterocycles. The number of aryl methyl sites for hydroxylation is 3. The van der Waals surface area contributed by atoms with Crippen molar-refractivity contribution in [1.82, 2.24) is 4.98 Å². The maximum absolute atomic E-state index is 4.78. The number of hydrogen-bond donors (Lipinski definition) is 1. The molecule has 0 unspecified atom stereocenters. The van der Waals surface area contributed by atoms with Gasteiger partial charge in [-0.15, -0.1) is 0 Å². The molecule has 0 radical (unpaired) electrons. The number of allylic oxidation sites excluding steroid dienone is 4. The molecule has 1 heterocycles. The molecular weight excluding hydrogens is 436 g/mol. The molecule has 1 aliphatic carbocycles. The lowest BCUT2D eigenvalue weighted by molar-refractivity contribution is 0.865. The number of unbranched alkanes of at least 4 members (excludes halogenated alkanes) is 1. The Labute approximate surface area is 217 Å². The van der Waals surface area contributed by atoms with Gasteiger partial charge >= 0.3 is 0 Å². The number of aromatic nitrogens is 1. The Morgan fingerprint density at radius 2 is 1.78 bits per heavy atom. The van der Waals surface area contributed by atoms with Crippen LogP contribution in [0.1, 0.15) is 85.7 Å². The Kier molecular flexibility index (Phi) is 8.25. The smallest absolute Gasteiger partial charge is 0.0705 e. The van der Waals surface area contributed by atoms with Crippen LogP contribution in [0, 0.1) is 13.8 Å². The van der Waals surface area contributed by atoms with E-state index in [-0.39, 0.29) is 0 Å². The predicted molar refractivity (Wildman–Crippen MR) is 157 cm³/mol. The van der Waals surface area contributed by atoms with Crippen molar-refractivity contribution in [2.45, 2.75) is 73.1 Å². The molecule has 4 rings (SSSR count). The molecule has 0 aliphatic heterocycles. The minimum Gasteiger partial charge on any atom is -0.355 e. The highest BCUT2D eigenvalue weighted by molar-refractivity contribution is 6.03. The molecule has 2 nitrogen and oxygen atoms in total. The van der Waals surface area contributed by atoms with Gasteiger partial charge < -0.3 is 5.32 Å². The Balaban J connectivity index is 1.80. The van der Waals surface area contributed by atoms with Crippen molar-refractivity contribution in [3.05, 3.63) is 112 Å². The number of hydrogen-bond acceptors (Lipinski definition) is 2. The van der Waals surface area contributed by atoms with Crippen LogP contribution in [-0.2, 0) is 12.8 Å². The van der Waals surface area contributed by atoms with Gasteiger partial charge in [-0.05, 0) is 104 Å². The minimum absolute atomic E-state index is 0.950. The third-order valence-corrected chi connectivity index (χ3v) is 7.35. The van der Waals surface area contributed by atoms with E-state index in [1.807, 2.05) is 13.0 Å². The van der Waals surface area contributed by atoms with Gasteiger partial charge in [0.05, 0.1) is 5.69 Å². The first kappa shape index (κ1) is 25.7. The second kappa shape index (κ2) is 11.6. The zero-order valence-corrected chi connectivity index (χ0v) is 22.7. The average Bonchev–Trinajstić information content (AvgIpc) is 2.89. The highest BCUT2D eigenvalue weighted by atomic mass is 14.9. The monoisotopic (exact) mass is 476 g/mol. The molecular formula is C34H40N2. The van der Waals surface area contributed by atoms with Crippen LogP contribution >= 0.6 is 0 Å². The maximum atomic E-state index is 4.78. The second-order valence-electron chi connectivity index (χ2n) is 9.83. The summed E-state index contributed by atoms with van der Waals surface area (Å²) in [6, 6.07) is 19.8. The lowest BCUT2D eigenvalue weighted by Gasteiger charge is -2.27. The van der Waals surface area contributed by atoms with Gasteiger partial charge in [0.2, 0.25) is 0 Å². The summed E-state index contributed by atoms with van der Waals surface area (Å²) in [6.07, 6.45) is 8.72. The number of anilines is 1. The largest absolute Gasteiger partial charge is 0.355 e. The van der Waals surface area contributed by atoms with Gasteiger partial charge in [-0.3, -0.25) is 4.98 Å². The van der Waals surface area contributed by atoms with E-state index in [9.17, 15) is 0 Å². The summed E-state index contributed by atoms with van der Waals surface area (Å²) >= 11 is 0. The second-order valence-corrected chi connectivity index (χ2v) is 9.83. The Hall–Kier alpha value is -3.39. The zero-order valence-electron chi connectivity index (χ0n) is 22.7. The number of pyridine rings is 1. The van der Waals surface area contributed by atoms with Crippen LogP contribution in [0.2, 0.25) is 0 Å². The molecule has 0 atom stereocenters. The highest BCUT2D eigenvalue weighted by Crippen LogP contribution is 2.38. The van der Waals surface area contributed by atoms with Crippen LogP contribution in [-0.4, -0.2) is 4.98 Å². The van der Waals surface area contributed by atoms with Crippen molar-refractivity contribution < 1.29 is 0 Å². The molecule has 0 fully saturated rings. The Bertz CT molecular complexity index is 1320. The topological polar surface area (TPSA) is 24.9 Å². The van der Waals surface area contributed by atoms with Crippen molar-refractivity contribution in [2.75, 3.05) is 5.32 Å². The van der Waals surface area contributed by atoms with Crippen LogP contribution in [0.5, 0.6) is 0 Å². The first-order valence-corrected chi connectivity index (χ1v) is 13.5. The first-order chi connectivity index (χ1) is 17.5. The molecule has 2 heteroatoms. The van der Waals surface area contributed by atoms with Gasteiger partial charge in [0.15, 0.2) is 0 Å². The molecule has 1 aromatic heterocycles. The molecule has 0 amide bonds. The fourth-order valence-corrected chi connectivity index (χ4v) is 5.28. The van der Waals surface area contributed by atoms with E-state index >= 15 is 0 Å². The van der Waals surface area contributed by atoms with Gasteiger partial charge in [-0.25, -0.2) is 0 Å². The van der Waals surface area contributed by atoms with Crippen LogP contribution in [0.15, 0.2) is 72.8 Å². The molecule has 36 heavy (non-hydrogen) atoms. The fraction of sp³-hybridized carbons (Fsp3) is 0.324. The van der Waals surface area contributed by atoms with E-state index in [1.54, 1.807) is 0 Å². The third kappa shape index (κ3) is 5.38. The summed E-state index contributed by atoms with van der Waals surface area (Å²) < 4.78 is 0. The summed E-state index contributed by atoms with van der Waals surface area (Å²) in [5.74, 6) is 0. The third-order valence-electron chi connectivity index (χ3n) is 7.35. The molecule has 1 N–H and O–H groups in total. The minimum atomic E-state index is 0.950. The van der Waals surface area contributed by atoms with E-state index in [0.29, 0.717) is 0 Å². The van der Waals surface area contributed by atoms with Gasteiger partial charge in [-0.1, -0.05) is 70.2 Å². The molecule has 0 bridgehead atoms. The molecule has 0 saturated carbocycles. The van der Waals surface area contributed by atoms with E-state index < -0.39 is 0 Å². The van der Waals surface area contributed by atoms with E-state index in [1.165, 1.54) is 50.3 Å². The lowest BCUT2D eigenvalue weighted by Crippen LogP contribution is -2.13. The van der Waals surface area contributed by atoms with Crippen molar-refractivity contribution in [3.63, 3.8) is 0 Å². The normalized spacial score (nSPS) is 13.5. The van der Waals surface area contributed by atoms with E-state index in [2.05, 4.69) is 94.2 Å². The number of rotatable bonds is 9. The van der Waals surface area contributed by atoms with Crippen molar-refractivity contribution in [1.29, 1.82) is 0 Å². The van der Waals surface area contributed by atoms with E-state index in [0.717, 1.165) is 55.5 Å². The fourth-order valence-electron chi connectivity index (χ4n) is 5.28. The van der Waals surface area contributed by atoms with Gasteiger partial charge in [-0.2, -0.15) is 0 Å². The number of fused-ring (bicyclic) bond motifs is 1. The SMILES string of the molecule is C=C(/C(=C\CCC)c1ccc2c(c1)C(Nc1cccc(C)c1CC)=C(CC)CC2)c1cccc(C)n1. The summed E-state index contributed by atoms with van der Waals surface area (Å²) in [7, 11) is 0. The molecule has 1 aliphatic rings. The van der Waals surface area contributed by atoms with Crippen molar-refractivity contribution in [3.8, 4) is 0 Å². The summed E-state index contributed by atoms with van der Waals surface area (Å²) in [5, 5.41) is 3.90. The summed E-state index contributed by atoms with van der Waals surface area (Å²) in [5.41, 5.74) is 14.9. The molecule has 0 spiro atoms. The number of nitrogens with zero attached hydrogens (tertiary/aromatic N) is 1. The Morgan fingerprint density at radius 1 is 0.972 bits per heavy atom. The van der Waals surface area contributed by atoms with Gasteiger partial charge in [0.1, 0.15) is 0 Å². The summed E-state index contributed by atoms with van der Waals surface area (Å²) in [4.78, 5) is 4.78. The number of nitrogens with one attached hydrogen (secondary N) is 1. The van der Waals surface area contributed by atoms with Crippen LogP contribution in [0.25, 0.3) is 16.8 Å². The van der Waals surface area contributed by atoms with Crippen LogP contribution in [0.3, 0.4) is 0 Å². The number of benzene rings is 2. The van der Waals surface area contributed by atoms with Gasteiger partial charge in [0.25, 0.3) is 0 Å². The van der Waals surface area contributed by atoms with Gasteiger partial charge in [0, 0.05) is 28.2 Å². The predicted octanol–water partition coefficient (Wildman–Crippen LogP) is 9.34. The molecule has 2 aromatic carbocycles. The average molecular weight is 477 g/mol. The zero-order chi connectivity index (χ0) is 25.7. The Morgan fingerprint density at radius 3 is 2.50 bits per heavy atom.